The third-order valence-corrected chi connectivity index (χ3v) is 5.85. The van der Waals surface area contributed by atoms with Gasteiger partial charge in [0.25, 0.3) is 0 Å². The molecule has 1 aliphatic heterocycles. The molecule has 23 heavy (non-hydrogen) atoms. The Labute approximate surface area is 140 Å². The van der Waals surface area contributed by atoms with Crippen LogP contribution in [0.1, 0.15) is 44.2 Å². The molecule has 130 valence electrons. The second-order valence-electron chi connectivity index (χ2n) is 6.05. The maximum absolute atomic E-state index is 12.0. The monoisotopic (exact) mass is 340 g/mol. The molecule has 1 aliphatic rings. The molecule has 0 aliphatic carbocycles. The summed E-state index contributed by atoms with van der Waals surface area (Å²) in [7, 11) is -1.54. The molecule has 1 unspecified atom stereocenters. The standard InChI is InChI=1S/C17H28N2O3S/c1-3-13-23(20,21)18-14-17(19-11-5-4-6-12-19)15-7-9-16(22-2)10-8-15/h7-10,17-18H,3-6,11-14H2,1-2H3. The summed E-state index contributed by atoms with van der Waals surface area (Å²) >= 11 is 0. The van der Waals surface area contributed by atoms with Crippen molar-refractivity contribution in [3.63, 3.8) is 0 Å². The first-order valence-corrected chi connectivity index (χ1v) is 10.1. The number of nitrogens with zero attached hydrogens (tertiary/aromatic N) is 1. The van der Waals surface area contributed by atoms with E-state index >= 15 is 0 Å². The minimum absolute atomic E-state index is 0.0767. The highest BCUT2D eigenvalue weighted by Gasteiger charge is 2.24. The van der Waals surface area contributed by atoms with Crippen LogP contribution in [0.5, 0.6) is 5.75 Å². The van der Waals surface area contributed by atoms with Crippen LogP contribution in [0, 0.1) is 0 Å². The quantitative estimate of drug-likeness (QED) is 0.790. The van der Waals surface area contributed by atoms with Gasteiger partial charge in [-0.1, -0.05) is 25.5 Å². The first kappa shape index (κ1) is 18.2. The van der Waals surface area contributed by atoms with Crippen molar-refractivity contribution in [3.05, 3.63) is 29.8 Å². The molecule has 1 heterocycles. The van der Waals surface area contributed by atoms with E-state index in [-0.39, 0.29) is 11.8 Å². The van der Waals surface area contributed by atoms with Crippen molar-refractivity contribution >= 4 is 10.0 Å². The van der Waals surface area contributed by atoms with E-state index in [1.54, 1.807) is 7.11 Å². The normalized spacial score (nSPS) is 17.8. The minimum Gasteiger partial charge on any atom is -0.497 e. The van der Waals surface area contributed by atoms with Gasteiger partial charge in [-0.2, -0.15) is 0 Å². The lowest BCUT2D eigenvalue weighted by Crippen LogP contribution is -2.41. The number of ether oxygens (including phenoxy) is 1. The maximum atomic E-state index is 12.0. The molecule has 1 saturated heterocycles. The number of piperidine rings is 1. The van der Waals surface area contributed by atoms with Crippen molar-refractivity contribution in [2.45, 2.75) is 38.6 Å². The zero-order valence-corrected chi connectivity index (χ0v) is 14.9. The second-order valence-corrected chi connectivity index (χ2v) is 7.98. The Morgan fingerprint density at radius 1 is 1.17 bits per heavy atom. The highest BCUT2D eigenvalue weighted by molar-refractivity contribution is 7.89. The minimum atomic E-state index is -3.19. The molecule has 1 aromatic rings. The number of benzene rings is 1. The van der Waals surface area contributed by atoms with Gasteiger partial charge in [0.15, 0.2) is 0 Å². The number of methoxy groups -OCH3 is 1. The van der Waals surface area contributed by atoms with Gasteiger partial charge in [0, 0.05) is 12.6 Å². The summed E-state index contributed by atoms with van der Waals surface area (Å²) < 4.78 is 32.0. The zero-order chi connectivity index (χ0) is 16.7. The predicted octanol–water partition coefficient (Wildman–Crippen LogP) is 2.55. The molecule has 0 amide bonds. The van der Waals surface area contributed by atoms with E-state index in [1.165, 1.54) is 19.3 Å². The lowest BCUT2D eigenvalue weighted by molar-refractivity contribution is 0.164. The van der Waals surface area contributed by atoms with Crippen LogP contribution in [0.3, 0.4) is 0 Å². The largest absolute Gasteiger partial charge is 0.497 e. The van der Waals surface area contributed by atoms with E-state index in [9.17, 15) is 8.42 Å². The summed E-state index contributed by atoms with van der Waals surface area (Å²) in [5.74, 6) is 1.00. The molecular formula is C17H28N2O3S. The van der Waals surface area contributed by atoms with Crippen molar-refractivity contribution in [2.24, 2.45) is 0 Å². The molecular weight excluding hydrogens is 312 g/mol. The second kappa shape index (κ2) is 8.66. The first-order valence-electron chi connectivity index (χ1n) is 8.41. The van der Waals surface area contributed by atoms with Crippen LogP contribution in [0.4, 0.5) is 0 Å². The van der Waals surface area contributed by atoms with E-state index < -0.39 is 10.0 Å². The molecule has 0 spiro atoms. The van der Waals surface area contributed by atoms with Crippen LogP contribution in [0.15, 0.2) is 24.3 Å². The zero-order valence-electron chi connectivity index (χ0n) is 14.1. The fourth-order valence-electron chi connectivity index (χ4n) is 3.06. The van der Waals surface area contributed by atoms with Crippen molar-refractivity contribution in [2.75, 3.05) is 32.5 Å². The summed E-state index contributed by atoms with van der Waals surface area (Å²) in [5, 5.41) is 0. The number of rotatable bonds is 8. The van der Waals surface area contributed by atoms with Crippen LogP contribution >= 0.6 is 0 Å². The van der Waals surface area contributed by atoms with Crippen LogP contribution in [0.25, 0.3) is 0 Å². The fraction of sp³-hybridized carbons (Fsp3) is 0.647. The number of hydrogen-bond donors (Lipinski definition) is 1. The van der Waals surface area contributed by atoms with Gasteiger partial charge in [-0.05, 0) is 50.0 Å². The van der Waals surface area contributed by atoms with Gasteiger partial charge in [-0.25, -0.2) is 13.1 Å². The summed E-state index contributed by atoms with van der Waals surface area (Å²) in [6.45, 7) is 4.35. The average molecular weight is 340 g/mol. The summed E-state index contributed by atoms with van der Waals surface area (Å²) in [4.78, 5) is 2.39. The Bertz CT molecular complexity index is 566. The maximum Gasteiger partial charge on any atom is 0.211 e. The Morgan fingerprint density at radius 3 is 2.39 bits per heavy atom. The van der Waals surface area contributed by atoms with Gasteiger partial charge in [0.1, 0.15) is 5.75 Å². The van der Waals surface area contributed by atoms with E-state index in [0.29, 0.717) is 13.0 Å². The Morgan fingerprint density at radius 2 is 1.83 bits per heavy atom. The predicted molar refractivity (Wildman–Crippen MR) is 93.2 cm³/mol. The first-order chi connectivity index (χ1) is 11.1. The lowest BCUT2D eigenvalue weighted by Gasteiger charge is -2.35. The van der Waals surface area contributed by atoms with Gasteiger partial charge < -0.3 is 4.74 Å². The molecule has 1 fully saturated rings. The van der Waals surface area contributed by atoms with Crippen molar-refractivity contribution in [3.8, 4) is 5.75 Å². The van der Waals surface area contributed by atoms with Crippen LogP contribution in [-0.4, -0.2) is 45.8 Å². The highest BCUT2D eigenvalue weighted by Crippen LogP contribution is 2.26. The van der Waals surface area contributed by atoms with E-state index in [4.69, 9.17) is 4.74 Å². The molecule has 1 aromatic carbocycles. The third kappa shape index (κ3) is 5.48. The molecule has 1 N–H and O–H groups in total. The van der Waals surface area contributed by atoms with E-state index in [0.717, 1.165) is 24.4 Å². The number of likely N-dealkylation sites (tertiary alicyclic amines) is 1. The molecule has 0 bridgehead atoms. The Kier molecular flexibility index (Phi) is 6.87. The topological polar surface area (TPSA) is 58.6 Å². The number of nitrogens with one attached hydrogen (secondary N) is 1. The highest BCUT2D eigenvalue weighted by atomic mass is 32.2. The lowest BCUT2D eigenvalue weighted by atomic mass is 10.0. The third-order valence-electron chi connectivity index (χ3n) is 4.30. The van der Waals surface area contributed by atoms with Crippen LogP contribution in [0.2, 0.25) is 0 Å². The van der Waals surface area contributed by atoms with Gasteiger partial charge >= 0.3 is 0 Å². The average Bonchev–Trinajstić information content (AvgIpc) is 2.56. The molecule has 0 radical (unpaired) electrons. The smallest absolute Gasteiger partial charge is 0.211 e. The molecule has 0 aromatic heterocycles. The van der Waals surface area contributed by atoms with Crippen molar-refractivity contribution in [1.82, 2.24) is 9.62 Å². The van der Waals surface area contributed by atoms with Gasteiger partial charge in [-0.3, -0.25) is 4.90 Å². The summed E-state index contributed by atoms with van der Waals surface area (Å²) in [5.41, 5.74) is 1.13. The van der Waals surface area contributed by atoms with Crippen molar-refractivity contribution in [1.29, 1.82) is 0 Å². The number of sulfonamides is 1. The number of hydrogen-bond acceptors (Lipinski definition) is 4. The van der Waals surface area contributed by atoms with E-state index in [2.05, 4.69) is 9.62 Å². The van der Waals surface area contributed by atoms with Gasteiger partial charge in [0.05, 0.1) is 12.9 Å². The molecule has 2 rings (SSSR count). The molecule has 6 heteroatoms. The van der Waals surface area contributed by atoms with Gasteiger partial charge in [-0.15, -0.1) is 0 Å². The van der Waals surface area contributed by atoms with E-state index in [1.807, 2.05) is 31.2 Å². The molecule has 0 saturated carbocycles. The van der Waals surface area contributed by atoms with Crippen LogP contribution in [-0.2, 0) is 10.0 Å². The molecule has 1 atom stereocenters. The Hall–Kier alpha value is -1.11. The summed E-state index contributed by atoms with van der Waals surface area (Å²) in [6, 6.07) is 8.02. The Balaban J connectivity index is 2.13. The summed E-state index contributed by atoms with van der Waals surface area (Å²) in [6.07, 6.45) is 4.24. The van der Waals surface area contributed by atoms with Crippen molar-refractivity contribution < 1.29 is 13.2 Å². The van der Waals surface area contributed by atoms with Gasteiger partial charge in [0.2, 0.25) is 10.0 Å². The van der Waals surface area contributed by atoms with Crippen LogP contribution < -0.4 is 9.46 Å². The fourth-order valence-corrected chi connectivity index (χ4v) is 4.15. The molecule has 5 nitrogen and oxygen atoms in total. The SMILES string of the molecule is CCCS(=O)(=O)NCC(c1ccc(OC)cc1)N1CCCCC1.